The zero-order valence-corrected chi connectivity index (χ0v) is 42.5. The van der Waals surface area contributed by atoms with E-state index in [1.54, 1.807) is 72.8 Å². The Morgan fingerprint density at radius 2 is 0.478 bits per heavy atom. The van der Waals surface area contributed by atoms with Gasteiger partial charge in [0.1, 0.15) is 34.5 Å². The van der Waals surface area contributed by atoms with Gasteiger partial charge in [-0.05, 0) is 92.1 Å². The van der Waals surface area contributed by atoms with Crippen LogP contribution in [0.25, 0.3) is 0 Å². The molecule has 0 saturated carbocycles. The SMILES string of the molecule is CCCCCCCCCCCOc1ccc(C(=O)Oc2cc(OC(=O)c3ccc(OCCCCCCCCCCC)cc3)cc(OC(=O)c3ccc(OCCCCCCCCCCC)cc3)c2)cc1. The summed E-state index contributed by atoms with van der Waals surface area (Å²) in [6.07, 6.45) is 33.4. The second-order valence-electron chi connectivity index (χ2n) is 18.4. The molecule has 0 aliphatic rings. The second-order valence-corrected chi connectivity index (χ2v) is 18.4. The van der Waals surface area contributed by atoms with Gasteiger partial charge in [-0.1, -0.05) is 175 Å². The molecule has 0 saturated heterocycles. The maximum atomic E-state index is 13.4. The first-order chi connectivity index (χ1) is 33.9. The van der Waals surface area contributed by atoms with Crippen LogP contribution in [0.1, 0.15) is 225 Å². The first-order valence-electron chi connectivity index (χ1n) is 26.9. The van der Waals surface area contributed by atoms with Crippen LogP contribution in [0.2, 0.25) is 0 Å². The lowest BCUT2D eigenvalue weighted by molar-refractivity contribution is 0.0730. The van der Waals surface area contributed by atoms with Crippen LogP contribution in [0.15, 0.2) is 91.0 Å². The molecule has 9 nitrogen and oxygen atoms in total. The molecule has 0 radical (unpaired) electrons. The molecule has 0 aliphatic heterocycles. The summed E-state index contributed by atoms with van der Waals surface area (Å²) in [6, 6.07) is 24.6. The fourth-order valence-corrected chi connectivity index (χ4v) is 8.09. The zero-order valence-electron chi connectivity index (χ0n) is 42.5. The van der Waals surface area contributed by atoms with Gasteiger partial charge in [0, 0.05) is 18.2 Å². The van der Waals surface area contributed by atoms with E-state index in [1.165, 1.54) is 153 Å². The Kier molecular flexibility index (Phi) is 29.2. The molecule has 4 rings (SSSR count). The van der Waals surface area contributed by atoms with Crippen molar-refractivity contribution in [2.24, 2.45) is 0 Å². The molecule has 0 aliphatic carbocycles. The van der Waals surface area contributed by atoms with Crippen LogP contribution in [0.3, 0.4) is 0 Å². The number of unbranched alkanes of at least 4 members (excludes halogenated alkanes) is 24. The van der Waals surface area contributed by atoms with Gasteiger partial charge >= 0.3 is 17.9 Å². The third-order valence-corrected chi connectivity index (χ3v) is 12.3. The third kappa shape index (κ3) is 24.7. The summed E-state index contributed by atoms with van der Waals surface area (Å²) in [5.41, 5.74) is 0.893. The van der Waals surface area contributed by atoms with Crippen LogP contribution < -0.4 is 28.4 Å². The molecule has 0 bridgehead atoms. The van der Waals surface area contributed by atoms with Gasteiger partial charge < -0.3 is 28.4 Å². The molecule has 0 N–H and O–H groups in total. The maximum absolute atomic E-state index is 13.4. The molecule has 0 spiro atoms. The average Bonchev–Trinajstić information content (AvgIpc) is 3.36. The number of benzene rings is 4. The average molecular weight is 949 g/mol. The highest BCUT2D eigenvalue weighted by Crippen LogP contribution is 2.31. The molecule has 4 aromatic carbocycles. The largest absolute Gasteiger partial charge is 0.494 e. The van der Waals surface area contributed by atoms with E-state index >= 15 is 0 Å². The van der Waals surface area contributed by atoms with Crippen molar-refractivity contribution in [1.82, 2.24) is 0 Å². The summed E-state index contributed by atoms with van der Waals surface area (Å²) in [6.45, 7) is 8.56. The highest BCUT2D eigenvalue weighted by Gasteiger charge is 2.17. The van der Waals surface area contributed by atoms with E-state index < -0.39 is 17.9 Å². The molecule has 0 unspecified atom stereocenters. The van der Waals surface area contributed by atoms with E-state index in [0.717, 1.165) is 38.5 Å². The van der Waals surface area contributed by atoms with Crippen molar-refractivity contribution >= 4 is 17.9 Å². The number of rotatable bonds is 39. The minimum atomic E-state index is -0.641. The van der Waals surface area contributed by atoms with Gasteiger partial charge in [0.05, 0.1) is 36.5 Å². The highest BCUT2D eigenvalue weighted by atomic mass is 16.6. The fourth-order valence-electron chi connectivity index (χ4n) is 8.09. The van der Waals surface area contributed by atoms with Crippen molar-refractivity contribution in [1.29, 1.82) is 0 Å². The molecular weight excluding hydrogens is 865 g/mol. The minimum absolute atomic E-state index is 0.0271. The lowest BCUT2D eigenvalue weighted by Gasteiger charge is -2.12. The van der Waals surface area contributed by atoms with Crippen molar-refractivity contribution in [2.75, 3.05) is 19.8 Å². The molecule has 4 aromatic rings. The van der Waals surface area contributed by atoms with Crippen LogP contribution in [0.5, 0.6) is 34.5 Å². The number of ether oxygens (including phenoxy) is 6. The molecule has 69 heavy (non-hydrogen) atoms. The predicted octanol–water partition coefficient (Wildman–Crippen LogP) is 17.1. The molecule has 0 fully saturated rings. The maximum Gasteiger partial charge on any atom is 0.343 e. The quantitative estimate of drug-likeness (QED) is 0.0245. The Bertz CT molecular complexity index is 1730. The summed E-state index contributed by atoms with van der Waals surface area (Å²) in [4.78, 5) is 40.2. The second kappa shape index (κ2) is 35.8. The monoisotopic (exact) mass is 949 g/mol. The van der Waals surface area contributed by atoms with E-state index in [-0.39, 0.29) is 17.2 Å². The predicted molar refractivity (Wildman–Crippen MR) is 279 cm³/mol. The van der Waals surface area contributed by atoms with Crippen molar-refractivity contribution in [3.8, 4) is 34.5 Å². The number of hydrogen-bond acceptors (Lipinski definition) is 9. The Hall–Kier alpha value is -5.31. The molecule has 0 atom stereocenters. The van der Waals surface area contributed by atoms with Crippen LogP contribution in [-0.2, 0) is 0 Å². The van der Waals surface area contributed by atoms with Crippen molar-refractivity contribution in [3.63, 3.8) is 0 Å². The van der Waals surface area contributed by atoms with Crippen LogP contribution >= 0.6 is 0 Å². The number of carbonyl (C=O) groups is 3. The first kappa shape index (κ1) is 56.3. The third-order valence-electron chi connectivity index (χ3n) is 12.3. The summed E-state index contributed by atoms with van der Waals surface area (Å²) in [5.74, 6) is 0.174. The van der Waals surface area contributed by atoms with Crippen molar-refractivity contribution < 1.29 is 42.8 Å². The van der Waals surface area contributed by atoms with E-state index in [1.807, 2.05) is 0 Å². The lowest BCUT2D eigenvalue weighted by Crippen LogP contribution is -2.12. The Morgan fingerprint density at radius 3 is 0.696 bits per heavy atom. The summed E-state index contributed by atoms with van der Waals surface area (Å²) < 4.78 is 35.1. The Balaban J connectivity index is 1.32. The van der Waals surface area contributed by atoms with Crippen LogP contribution in [0, 0.1) is 0 Å². The molecule has 0 aromatic heterocycles. The standard InChI is InChI=1S/C60H84O9/c1-4-7-10-13-16-19-22-25-28-43-64-52-37-31-49(32-38-52)58(61)67-55-46-56(68-59(62)50-33-39-53(40-34-50)65-44-29-26-23-20-17-14-11-8-5-2)48-57(47-55)69-60(63)51-35-41-54(42-36-51)66-45-30-27-24-21-18-15-12-9-6-3/h31-42,46-48H,4-30,43-45H2,1-3H3. The summed E-state index contributed by atoms with van der Waals surface area (Å²) >= 11 is 0. The summed E-state index contributed by atoms with van der Waals surface area (Å²) in [7, 11) is 0. The van der Waals surface area contributed by atoms with Gasteiger partial charge in [-0.15, -0.1) is 0 Å². The molecule has 0 heterocycles. The van der Waals surface area contributed by atoms with Crippen molar-refractivity contribution in [3.05, 3.63) is 108 Å². The normalized spacial score (nSPS) is 11.0. The van der Waals surface area contributed by atoms with E-state index in [0.29, 0.717) is 53.8 Å². The van der Waals surface area contributed by atoms with E-state index in [4.69, 9.17) is 28.4 Å². The van der Waals surface area contributed by atoms with Gasteiger partial charge in [-0.25, -0.2) is 14.4 Å². The zero-order chi connectivity index (χ0) is 49.0. The Morgan fingerprint density at radius 1 is 0.275 bits per heavy atom. The molecule has 9 heteroatoms. The van der Waals surface area contributed by atoms with Gasteiger partial charge in [0.25, 0.3) is 0 Å². The smallest absolute Gasteiger partial charge is 0.343 e. The molecular formula is C60H84O9. The number of esters is 3. The molecule has 0 amide bonds. The van der Waals surface area contributed by atoms with Gasteiger partial charge in [-0.3, -0.25) is 0 Å². The van der Waals surface area contributed by atoms with E-state index in [9.17, 15) is 14.4 Å². The lowest BCUT2D eigenvalue weighted by atomic mass is 10.1. The first-order valence-corrected chi connectivity index (χ1v) is 26.9. The van der Waals surface area contributed by atoms with Crippen LogP contribution in [-0.4, -0.2) is 37.7 Å². The van der Waals surface area contributed by atoms with Crippen molar-refractivity contribution in [2.45, 2.75) is 194 Å². The molecule has 378 valence electrons. The number of hydrogen-bond donors (Lipinski definition) is 0. The van der Waals surface area contributed by atoms with Gasteiger partial charge in [0.2, 0.25) is 0 Å². The Labute approximate surface area is 415 Å². The summed E-state index contributed by atoms with van der Waals surface area (Å²) in [5, 5.41) is 0. The van der Waals surface area contributed by atoms with Gasteiger partial charge in [0.15, 0.2) is 0 Å². The highest BCUT2D eigenvalue weighted by molar-refractivity contribution is 5.93. The van der Waals surface area contributed by atoms with E-state index in [2.05, 4.69) is 20.8 Å². The minimum Gasteiger partial charge on any atom is -0.494 e. The number of carbonyl (C=O) groups excluding carboxylic acids is 3. The van der Waals surface area contributed by atoms with Gasteiger partial charge in [-0.2, -0.15) is 0 Å². The fraction of sp³-hybridized carbons (Fsp3) is 0.550. The van der Waals surface area contributed by atoms with Crippen LogP contribution in [0.4, 0.5) is 0 Å². The topological polar surface area (TPSA) is 107 Å².